The van der Waals surface area contributed by atoms with E-state index in [-0.39, 0.29) is 17.1 Å². The molecule has 126 valence electrons. The SMILES string of the molecule is Cc1ccc(S[C@@H](C)C(=O)NNC(=O)c2ccc(C)cc2C)cc1. The fourth-order valence-electron chi connectivity index (χ4n) is 2.23. The van der Waals surface area contributed by atoms with E-state index >= 15 is 0 Å². The Bertz CT molecular complexity index is 742. The van der Waals surface area contributed by atoms with Crippen LogP contribution in [0.15, 0.2) is 47.4 Å². The summed E-state index contributed by atoms with van der Waals surface area (Å²) in [5, 5.41) is -0.313. The summed E-state index contributed by atoms with van der Waals surface area (Å²) in [5.74, 6) is -0.549. The molecular formula is C19H22N2O2S. The highest BCUT2D eigenvalue weighted by molar-refractivity contribution is 8.00. The second-order valence-electron chi connectivity index (χ2n) is 5.83. The molecule has 2 N–H and O–H groups in total. The van der Waals surface area contributed by atoms with Gasteiger partial charge in [-0.05, 0) is 51.5 Å². The van der Waals surface area contributed by atoms with Gasteiger partial charge in [0.05, 0.1) is 5.25 Å². The third-order valence-electron chi connectivity index (χ3n) is 3.63. The molecule has 2 amide bonds. The third kappa shape index (κ3) is 4.86. The molecule has 0 unspecified atom stereocenters. The molecule has 1 atom stereocenters. The minimum atomic E-state index is -0.313. The number of carbonyl (C=O) groups excluding carboxylic acids is 2. The molecule has 5 heteroatoms. The van der Waals surface area contributed by atoms with E-state index in [1.807, 2.05) is 64.1 Å². The zero-order chi connectivity index (χ0) is 17.7. The Morgan fingerprint density at radius 3 is 2.17 bits per heavy atom. The molecule has 2 aromatic rings. The first-order valence-electron chi connectivity index (χ1n) is 7.77. The van der Waals surface area contributed by atoms with E-state index in [4.69, 9.17) is 0 Å². The molecule has 2 rings (SSSR count). The second kappa shape index (κ2) is 8.02. The molecule has 0 aliphatic heterocycles. The van der Waals surface area contributed by atoms with Crippen LogP contribution in [0.4, 0.5) is 0 Å². The number of hydrazine groups is 1. The van der Waals surface area contributed by atoms with Crippen molar-refractivity contribution in [1.29, 1.82) is 0 Å². The Morgan fingerprint density at radius 2 is 1.54 bits per heavy atom. The van der Waals surface area contributed by atoms with Crippen LogP contribution in [0.5, 0.6) is 0 Å². The van der Waals surface area contributed by atoms with Crippen LogP contribution < -0.4 is 10.9 Å². The van der Waals surface area contributed by atoms with Crippen LogP contribution in [0, 0.1) is 20.8 Å². The Kier molecular flexibility index (Phi) is 6.04. The van der Waals surface area contributed by atoms with E-state index in [2.05, 4.69) is 10.9 Å². The van der Waals surface area contributed by atoms with E-state index in [9.17, 15) is 9.59 Å². The van der Waals surface area contributed by atoms with Gasteiger partial charge in [-0.15, -0.1) is 11.8 Å². The summed E-state index contributed by atoms with van der Waals surface area (Å²) >= 11 is 1.45. The normalized spacial score (nSPS) is 11.7. The molecular weight excluding hydrogens is 320 g/mol. The van der Waals surface area contributed by atoms with Gasteiger partial charge < -0.3 is 0 Å². The summed E-state index contributed by atoms with van der Waals surface area (Å²) in [6, 6.07) is 13.6. The number of rotatable bonds is 4. The van der Waals surface area contributed by atoms with Gasteiger partial charge in [-0.1, -0.05) is 35.4 Å². The van der Waals surface area contributed by atoms with E-state index in [1.165, 1.54) is 17.3 Å². The number of carbonyl (C=O) groups is 2. The lowest BCUT2D eigenvalue weighted by Crippen LogP contribution is -2.45. The first-order chi connectivity index (χ1) is 11.4. The lowest BCUT2D eigenvalue weighted by molar-refractivity contribution is -0.121. The molecule has 0 aliphatic carbocycles. The molecule has 4 nitrogen and oxygen atoms in total. The fourth-order valence-corrected chi connectivity index (χ4v) is 3.10. The van der Waals surface area contributed by atoms with Gasteiger partial charge in [-0.25, -0.2) is 0 Å². The third-order valence-corrected chi connectivity index (χ3v) is 4.74. The van der Waals surface area contributed by atoms with Crippen molar-refractivity contribution >= 4 is 23.6 Å². The molecule has 0 fully saturated rings. The molecule has 0 bridgehead atoms. The van der Waals surface area contributed by atoms with E-state index in [1.54, 1.807) is 6.07 Å². The quantitative estimate of drug-likeness (QED) is 0.660. The van der Waals surface area contributed by atoms with Gasteiger partial charge in [0.2, 0.25) is 0 Å². The average molecular weight is 342 g/mol. The first-order valence-corrected chi connectivity index (χ1v) is 8.65. The summed E-state index contributed by atoms with van der Waals surface area (Å²) in [5.41, 5.74) is 8.68. The smallest absolute Gasteiger partial charge is 0.269 e. The molecule has 0 aliphatic rings. The maximum atomic E-state index is 12.2. The summed E-state index contributed by atoms with van der Waals surface area (Å²) in [4.78, 5) is 25.3. The molecule has 0 saturated heterocycles. The van der Waals surface area contributed by atoms with Crippen molar-refractivity contribution in [3.8, 4) is 0 Å². The van der Waals surface area contributed by atoms with Crippen LogP contribution in [0.25, 0.3) is 0 Å². The number of hydrogen-bond donors (Lipinski definition) is 2. The molecule has 0 radical (unpaired) electrons. The number of aryl methyl sites for hydroxylation is 3. The van der Waals surface area contributed by atoms with Crippen molar-refractivity contribution in [2.24, 2.45) is 0 Å². The number of benzene rings is 2. The summed E-state index contributed by atoms with van der Waals surface area (Å²) in [7, 11) is 0. The van der Waals surface area contributed by atoms with Gasteiger partial charge >= 0.3 is 0 Å². The summed E-state index contributed by atoms with van der Waals surface area (Å²) in [6.45, 7) is 7.68. The Labute approximate surface area is 147 Å². The first kappa shape index (κ1) is 18.1. The largest absolute Gasteiger partial charge is 0.272 e. The lowest BCUT2D eigenvalue weighted by Gasteiger charge is -2.13. The van der Waals surface area contributed by atoms with Gasteiger partial charge in [-0.3, -0.25) is 20.4 Å². The van der Waals surface area contributed by atoms with Crippen molar-refractivity contribution in [3.05, 3.63) is 64.7 Å². The molecule has 0 spiro atoms. The monoisotopic (exact) mass is 342 g/mol. The molecule has 2 aromatic carbocycles. The Morgan fingerprint density at radius 1 is 0.917 bits per heavy atom. The minimum Gasteiger partial charge on any atom is -0.272 e. The van der Waals surface area contributed by atoms with Crippen LogP contribution in [0.2, 0.25) is 0 Å². The highest BCUT2D eigenvalue weighted by atomic mass is 32.2. The van der Waals surface area contributed by atoms with Gasteiger partial charge in [0.1, 0.15) is 0 Å². The topological polar surface area (TPSA) is 58.2 Å². The Balaban J connectivity index is 1.89. The Hall–Kier alpha value is -2.27. The van der Waals surface area contributed by atoms with Gasteiger partial charge in [-0.2, -0.15) is 0 Å². The number of hydrogen-bond acceptors (Lipinski definition) is 3. The maximum absolute atomic E-state index is 12.2. The zero-order valence-corrected chi connectivity index (χ0v) is 15.2. The number of amides is 2. The standard InChI is InChI=1S/C19H22N2O2S/c1-12-5-8-16(9-6-12)24-15(4)18(22)20-21-19(23)17-10-7-13(2)11-14(17)3/h5-11,15H,1-4H3,(H,20,22)(H,21,23)/t15-/m0/s1. The lowest BCUT2D eigenvalue weighted by atomic mass is 10.1. The van der Waals surface area contributed by atoms with E-state index in [0.717, 1.165) is 16.0 Å². The van der Waals surface area contributed by atoms with Gasteiger partial charge in [0.15, 0.2) is 0 Å². The van der Waals surface area contributed by atoms with Crippen molar-refractivity contribution < 1.29 is 9.59 Å². The van der Waals surface area contributed by atoms with Crippen LogP contribution in [0.1, 0.15) is 34.0 Å². The zero-order valence-electron chi connectivity index (χ0n) is 14.3. The van der Waals surface area contributed by atoms with Gasteiger partial charge in [0, 0.05) is 10.5 Å². The van der Waals surface area contributed by atoms with E-state index < -0.39 is 0 Å². The molecule has 0 saturated carbocycles. The number of thioether (sulfide) groups is 1. The van der Waals surface area contributed by atoms with Crippen molar-refractivity contribution in [2.45, 2.75) is 37.8 Å². The predicted molar refractivity (Wildman–Crippen MR) is 98.0 cm³/mol. The predicted octanol–water partition coefficient (Wildman–Crippen LogP) is 3.55. The molecule has 0 heterocycles. The number of nitrogens with one attached hydrogen (secondary N) is 2. The van der Waals surface area contributed by atoms with Crippen LogP contribution in [-0.4, -0.2) is 17.1 Å². The second-order valence-corrected chi connectivity index (χ2v) is 7.25. The fraction of sp³-hybridized carbons (Fsp3) is 0.263. The van der Waals surface area contributed by atoms with Crippen LogP contribution in [0.3, 0.4) is 0 Å². The van der Waals surface area contributed by atoms with E-state index in [0.29, 0.717) is 5.56 Å². The minimum absolute atomic E-state index is 0.237. The van der Waals surface area contributed by atoms with Crippen molar-refractivity contribution in [2.75, 3.05) is 0 Å². The summed E-state index contributed by atoms with van der Waals surface area (Å²) < 4.78 is 0. The van der Waals surface area contributed by atoms with Gasteiger partial charge in [0.25, 0.3) is 11.8 Å². The van der Waals surface area contributed by atoms with Crippen molar-refractivity contribution in [3.63, 3.8) is 0 Å². The van der Waals surface area contributed by atoms with Crippen LogP contribution in [-0.2, 0) is 4.79 Å². The molecule has 0 aromatic heterocycles. The average Bonchev–Trinajstić information content (AvgIpc) is 2.54. The molecule has 24 heavy (non-hydrogen) atoms. The maximum Gasteiger partial charge on any atom is 0.269 e. The highest BCUT2D eigenvalue weighted by Gasteiger charge is 2.16. The highest BCUT2D eigenvalue weighted by Crippen LogP contribution is 2.23. The summed E-state index contributed by atoms with van der Waals surface area (Å²) in [6.07, 6.45) is 0. The van der Waals surface area contributed by atoms with Crippen LogP contribution >= 0.6 is 11.8 Å². The van der Waals surface area contributed by atoms with Crippen molar-refractivity contribution in [1.82, 2.24) is 10.9 Å².